The Morgan fingerprint density at radius 3 is 2.60 bits per heavy atom. The van der Waals surface area contributed by atoms with Crippen molar-refractivity contribution < 1.29 is 4.42 Å². The van der Waals surface area contributed by atoms with Gasteiger partial charge >= 0.3 is 0 Å². The number of hydrogen-bond acceptors (Lipinski definition) is 2. The summed E-state index contributed by atoms with van der Waals surface area (Å²) < 4.78 is 5.13. The van der Waals surface area contributed by atoms with Crippen LogP contribution >= 0.6 is 0 Å². The van der Waals surface area contributed by atoms with Gasteiger partial charge in [0.1, 0.15) is 0 Å². The number of benzene rings is 2. The summed E-state index contributed by atoms with van der Waals surface area (Å²) in [4.78, 5) is 0. The average molecular weight is 261 g/mol. The van der Waals surface area contributed by atoms with Crippen molar-refractivity contribution in [3.8, 4) is 11.1 Å². The van der Waals surface area contributed by atoms with Gasteiger partial charge in [-0.2, -0.15) is 0 Å². The van der Waals surface area contributed by atoms with Crippen LogP contribution in [0.5, 0.6) is 0 Å². The van der Waals surface area contributed by atoms with Crippen LogP contribution in [0.1, 0.15) is 28.3 Å². The lowest BCUT2D eigenvalue weighted by Crippen LogP contribution is -2.10. The van der Waals surface area contributed by atoms with Crippen molar-refractivity contribution in [2.75, 3.05) is 0 Å². The molecule has 1 heterocycles. The molecule has 0 bridgehead atoms. The zero-order valence-corrected chi connectivity index (χ0v) is 11.0. The lowest BCUT2D eigenvalue weighted by molar-refractivity contribution is 0.562. The summed E-state index contributed by atoms with van der Waals surface area (Å²) in [5.74, 6) is 0. The molecule has 2 nitrogen and oxygen atoms in total. The highest BCUT2D eigenvalue weighted by Crippen LogP contribution is 2.38. The van der Waals surface area contributed by atoms with Gasteiger partial charge in [0, 0.05) is 5.56 Å². The molecule has 1 aliphatic carbocycles. The predicted octanol–water partition coefficient (Wildman–Crippen LogP) is 3.90. The van der Waals surface area contributed by atoms with Gasteiger partial charge in [0.2, 0.25) is 0 Å². The maximum absolute atomic E-state index is 6.31. The maximum Gasteiger partial charge on any atom is 0.0953 e. The van der Waals surface area contributed by atoms with Crippen LogP contribution in [0.25, 0.3) is 11.1 Å². The van der Waals surface area contributed by atoms with Crippen molar-refractivity contribution in [1.82, 2.24) is 0 Å². The van der Waals surface area contributed by atoms with Crippen molar-refractivity contribution in [1.29, 1.82) is 0 Å². The summed E-state index contributed by atoms with van der Waals surface area (Å²) in [7, 11) is 0. The summed E-state index contributed by atoms with van der Waals surface area (Å²) in [5.41, 5.74) is 13.9. The zero-order chi connectivity index (χ0) is 13.5. The molecule has 2 heteroatoms. The van der Waals surface area contributed by atoms with Crippen LogP contribution in [0.15, 0.2) is 65.5 Å². The van der Waals surface area contributed by atoms with Crippen molar-refractivity contribution in [2.45, 2.75) is 12.5 Å². The number of rotatable bonds is 2. The van der Waals surface area contributed by atoms with Gasteiger partial charge < -0.3 is 10.2 Å². The quantitative estimate of drug-likeness (QED) is 0.594. The molecule has 1 atom stereocenters. The highest BCUT2D eigenvalue weighted by Gasteiger charge is 2.19. The maximum atomic E-state index is 6.31. The monoisotopic (exact) mass is 261 g/mol. The zero-order valence-electron chi connectivity index (χ0n) is 11.0. The van der Waals surface area contributed by atoms with Gasteiger partial charge in [-0.25, -0.2) is 0 Å². The normalized spacial score (nSPS) is 13.8. The minimum absolute atomic E-state index is 0.133. The average Bonchev–Trinajstić information content (AvgIpc) is 3.13. The van der Waals surface area contributed by atoms with Gasteiger partial charge in [-0.05, 0) is 46.4 Å². The van der Waals surface area contributed by atoms with E-state index in [1.807, 2.05) is 6.07 Å². The Kier molecular flexibility index (Phi) is 2.51. The highest BCUT2D eigenvalue weighted by molar-refractivity contribution is 5.77. The van der Waals surface area contributed by atoms with E-state index in [4.69, 9.17) is 10.2 Å². The Morgan fingerprint density at radius 2 is 1.75 bits per heavy atom. The first-order chi connectivity index (χ1) is 9.83. The number of fused-ring (bicyclic) bond motifs is 3. The lowest BCUT2D eigenvalue weighted by Gasteiger charge is -2.12. The van der Waals surface area contributed by atoms with Crippen LogP contribution in [-0.2, 0) is 6.42 Å². The van der Waals surface area contributed by atoms with Gasteiger partial charge in [0.05, 0.1) is 18.6 Å². The molecule has 2 aromatic carbocycles. The molecule has 1 aromatic heterocycles. The van der Waals surface area contributed by atoms with E-state index in [0.29, 0.717) is 0 Å². The highest BCUT2D eigenvalue weighted by atomic mass is 16.3. The Balaban J connectivity index is 1.80. The second kappa shape index (κ2) is 4.36. The van der Waals surface area contributed by atoms with E-state index in [2.05, 4.69) is 42.5 Å². The van der Waals surface area contributed by atoms with Crippen LogP contribution in [0.3, 0.4) is 0 Å². The van der Waals surface area contributed by atoms with Crippen molar-refractivity contribution in [3.05, 3.63) is 83.3 Å². The molecule has 0 saturated heterocycles. The minimum atomic E-state index is -0.133. The smallest absolute Gasteiger partial charge is 0.0953 e. The molecular weight excluding hydrogens is 246 g/mol. The number of hydrogen-bond donors (Lipinski definition) is 1. The van der Waals surface area contributed by atoms with Gasteiger partial charge in [-0.15, -0.1) is 0 Å². The third kappa shape index (κ3) is 1.69. The molecular formula is C18H15NO. The summed E-state index contributed by atoms with van der Waals surface area (Å²) in [6.45, 7) is 0. The third-order valence-corrected chi connectivity index (χ3v) is 4.08. The molecule has 0 saturated carbocycles. The molecule has 0 amide bonds. The van der Waals surface area contributed by atoms with Gasteiger partial charge in [-0.1, -0.05) is 36.4 Å². The Bertz CT molecular complexity index is 759. The fraction of sp³-hybridized carbons (Fsp3) is 0.111. The molecule has 1 unspecified atom stereocenters. The number of furan rings is 1. The molecule has 4 rings (SSSR count). The first kappa shape index (κ1) is 11.5. The summed E-state index contributed by atoms with van der Waals surface area (Å²) in [5, 5.41) is 0. The van der Waals surface area contributed by atoms with Crippen LogP contribution in [-0.4, -0.2) is 0 Å². The van der Waals surface area contributed by atoms with E-state index in [0.717, 1.165) is 17.5 Å². The predicted molar refractivity (Wildman–Crippen MR) is 79.4 cm³/mol. The Labute approximate surface area is 117 Å². The van der Waals surface area contributed by atoms with E-state index >= 15 is 0 Å². The second-order valence-corrected chi connectivity index (χ2v) is 5.28. The van der Waals surface area contributed by atoms with Crippen LogP contribution < -0.4 is 5.73 Å². The largest absolute Gasteiger partial charge is 0.472 e. The topological polar surface area (TPSA) is 39.2 Å². The fourth-order valence-electron chi connectivity index (χ4n) is 2.98. The van der Waals surface area contributed by atoms with Gasteiger partial charge in [0.25, 0.3) is 0 Å². The van der Waals surface area contributed by atoms with Gasteiger partial charge in [-0.3, -0.25) is 0 Å². The first-order valence-electron chi connectivity index (χ1n) is 6.82. The Hall–Kier alpha value is -2.32. The van der Waals surface area contributed by atoms with Crippen molar-refractivity contribution in [3.63, 3.8) is 0 Å². The first-order valence-corrected chi connectivity index (χ1v) is 6.82. The fourth-order valence-corrected chi connectivity index (χ4v) is 2.98. The Morgan fingerprint density at radius 1 is 0.900 bits per heavy atom. The molecule has 0 radical (unpaired) electrons. The van der Waals surface area contributed by atoms with E-state index in [-0.39, 0.29) is 6.04 Å². The second-order valence-electron chi connectivity index (χ2n) is 5.28. The van der Waals surface area contributed by atoms with Crippen LogP contribution in [0.4, 0.5) is 0 Å². The third-order valence-electron chi connectivity index (χ3n) is 4.08. The standard InChI is InChI=1S/C18H15NO/c19-18(15-7-8-20-11-15)14-6-5-13-9-12-3-1-2-4-16(12)17(13)10-14/h1-8,10-11,18H,9,19H2. The van der Waals surface area contributed by atoms with Crippen LogP contribution in [0, 0.1) is 0 Å². The van der Waals surface area contributed by atoms with Crippen molar-refractivity contribution in [2.24, 2.45) is 5.73 Å². The van der Waals surface area contributed by atoms with Gasteiger partial charge in [0.15, 0.2) is 0 Å². The SMILES string of the molecule is NC(c1ccoc1)c1ccc2c(c1)-c1ccccc1C2. The lowest BCUT2D eigenvalue weighted by atomic mass is 9.97. The molecule has 20 heavy (non-hydrogen) atoms. The minimum Gasteiger partial charge on any atom is -0.472 e. The van der Waals surface area contributed by atoms with E-state index in [9.17, 15) is 0 Å². The van der Waals surface area contributed by atoms with E-state index in [1.165, 1.54) is 22.3 Å². The molecule has 2 N–H and O–H groups in total. The summed E-state index contributed by atoms with van der Waals surface area (Å²) in [6.07, 6.45) is 4.40. The van der Waals surface area contributed by atoms with Crippen LogP contribution in [0.2, 0.25) is 0 Å². The molecule has 0 fully saturated rings. The van der Waals surface area contributed by atoms with E-state index < -0.39 is 0 Å². The summed E-state index contributed by atoms with van der Waals surface area (Å²) >= 11 is 0. The summed E-state index contributed by atoms with van der Waals surface area (Å²) in [6, 6.07) is 16.9. The van der Waals surface area contributed by atoms with Crippen molar-refractivity contribution >= 4 is 0 Å². The molecule has 0 aliphatic heterocycles. The number of nitrogens with two attached hydrogens (primary N) is 1. The molecule has 0 spiro atoms. The van der Waals surface area contributed by atoms with E-state index in [1.54, 1.807) is 12.5 Å². The molecule has 1 aliphatic rings. The molecule has 98 valence electrons. The molecule has 3 aromatic rings.